The summed E-state index contributed by atoms with van der Waals surface area (Å²) in [6, 6.07) is 69.7. The Balaban J connectivity index is 0.995. The molecular formula is C53H37NS. The third-order valence-corrected chi connectivity index (χ3v) is 13.0. The molecule has 0 fully saturated rings. The highest BCUT2D eigenvalue weighted by atomic mass is 32.1. The van der Waals surface area contributed by atoms with Crippen LogP contribution in [0.25, 0.3) is 75.1 Å². The lowest BCUT2D eigenvalue weighted by Gasteiger charge is -2.28. The monoisotopic (exact) mass is 719 g/mol. The summed E-state index contributed by atoms with van der Waals surface area (Å²) in [4.78, 5) is 2.41. The quantitative estimate of drug-likeness (QED) is 0.171. The molecule has 1 nitrogen and oxygen atoms in total. The molecule has 0 amide bonds. The molecule has 10 aromatic rings. The zero-order valence-corrected chi connectivity index (χ0v) is 31.6. The molecule has 0 aliphatic heterocycles. The van der Waals surface area contributed by atoms with Crippen molar-refractivity contribution in [2.24, 2.45) is 0 Å². The normalized spacial score (nSPS) is 13.1. The molecule has 0 saturated carbocycles. The first kappa shape index (κ1) is 32.0. The van der Waals surface area contributed by atoms with Crippen LogP contribution in [0.4, 0.5) is 17.1 Å². The molecule has 0 atom stereocenters. The number of hydrogen-bond donors (Lipinski definition) is 0. The number of thiophene rings is 1. The van der Waals surface area contributed by atoms with Crippen molar-refractivity contribution in [3.05, 3.63) is 199 Å². The Hall–Kier alpha value is -6.48. The molecule has 0 bridgehead atoms. The van der Waals surface area contributed by atoms with Crippen LogP contribution in [0.1, 0.15) is 25.0 Å². The van der Waals surface area contributed by atoms with E-state index in [1.54, 1.807) is 0 Å². The zero-order chi connectivity index (χ0) is 36.7. The van der Waals surface area contributed by atoms with Crippen molar-refractivity contribution in [3.8, 4) is 33.4 Å². The van der Waals surface area contributed by atoms with E-state index in [1.165, 1.54) is 86.2 Å². The summed E-state index contributed by atoms with van der Waals surface area (Å²) in [6.07, 6.45) is 0. The second kappa shape index (κ2) is 12.3. The first-order valence-electron chi connectivity index (χ1n) is 19.1. The molecule has 1 aliphatic rings. The van der Waals surface area contributed by atoms with Gasteiger partial charge in [-0.2, -0.15) is 0 Å². The lowest BCUT2D eigenvalue weighted by atomic mass is 9.82. The Morgan fingerprint density at radius 1 is 0.364 bits per heavy atom. The second-order valence-electron chi connectivity index (χ2n) is 15.4. The molecule has 0 spiro atoms. The highest BCUT2D eigenvalue weighted by Gasteiger charge is 2.35. The van der Waals surface area contributed by atoms with E-state index in [9.17, 15) is 0 Å². The van der Waals surface area contributed by atoms with Crippen LogP contribution >= 0.6 is 11.3 Å². The van der Waals surface area contributed by atoms with Gasteiger partial charge in [-0.15, -0.1) is 11.3 Å². The highest BCUT2D eigenvalue weighted by Crippen LogP contribution is 2.51. The summed E-state index contributed by atoms with van der Waals surface area (Å²) >= 11 is 1.88. The minimum Gasteiger partial charge on any atom is -0.310 e. The van der Waals surface area contributed by atoms with Gasteiger partial charge in [-0.05, 0) is 133 Å². The number of hydrogen-bond acceptors (Lipinski definition) is 2. The van der Waals surface area contributed by atoms with Crippen LogP contribution in [-0.4, -0.2) is 0 Å². The standard InChI is InChI=1S/C53H37NS/c1-53(2)49-13-7-5-11-45(49)46-28-27-44(33-50(46)53)54(42-23-19-35(20-24-42)38-16-15-34-9-3-4-10-37(34)29-38)43-25-21-36(22-26-43)39-17-18-40-32-52-48(31-41(40)30-39)47-12-6-8-14-51(47)55-52/h3-33H,1-2H3. The maximum absolute atomic E-state index is 2.42. The van der Waals surface area contributed by atoms with Gasteiger partial charge in [-0.25, -0.2) is 0 Å². The van der Waals surface area contributed by atoms with Gasteiger partial charge in [0.2, 0.25) is 0 Å². The molecule has 0 radical (unpaired) electrons. The van der Waals surface area contributed by atoms with Crippen molar-refractivity contribution in [2.75, 3.05) is 4.90 Å². The smallest absolute Gasteiger partial charge is 0.0465 e. The minimum absolute atomic E-state index is 0.0889. The number of rotatable bonds is 5. The molecule has 0 saturated heterocycles. The third kappa shape index (κ3) is 5.21. The molecular weight excluding hydrogens is 683 g/mol. The van der Waals surface area contributed by atoms with E-state index < -0.39 is 0 Å². The topological polar surface area (TPSA) is 3.24 Å². The Labute approximate surface area is 325 Å². The molecule has 260 valence electrons. The molecule has 1 aromatic heterocycles. The fourth-order valence-corrected chi connectivity index (χ4v) is 10.0. The number of anilines is 3. The lowest BCUT2D eigenvalue weighted by Crippen LogP contribution is -2.16. The highest BCUT2D eigenvalue weighted by molar-refractivity contribution is 7.25. The van der Waals surface area contributed by atoms with Gasteiger partial charge in [-0.3, -0.25) is 0 Å². The fraction of sp³-hybridized carbons (Fsp3) is 0.0566. The van der Waals surface area contributed by atoms with Crippen molar-refractivity contribution >= 4 is 70.1 Å². The van der Waals surface area contributed by atoms with E-state index in [0.717, 1.165) is 17.1 Å². The number of nitrogens with zero attached hydrogens (tertiary/aromatic N) is 1. The van der Waals surface area contributed by atoms with Gasteiger partial charge in [0.05, 0.1) is 0 Å². The second-order valence-corrected chi connectivity index (χ2v) is 16.5. The molecule has 1 aliphatic carbocycles. The van der Waals surface area contributed by atoms with Crippen LogP contribution in [0.15, 0.2) is 188 Å². The van der Waals surface area contributed by atoms with Crippen LogP contribution in [0, 0.1) is 0 Å². The van der Waals surface area contributed by atoms with Gasteiger partial charge in [0.1, 0.15) is 0 Å². The van der Waals surface area contributed by atoms with E-state index in [2.05, 4.69) is 207 Å². The van der Waals surface area contributed by atoms with Crippen molar-refractivity contribution in [1.29, 1.82) is 0 Å². The van der Waals surface area contributed by atoms with Crippen molar-refractivity contribution in [2.45, 2.75) is 19.3 Å². The van der Waals surface area contributed by atoms with E-state index in [-0.39, 0.29) is 5.41 Å². The molecule has 9 aromatic carbocycles. The van der Waals surface area contributed by atoms with Crippen molar-refractivity contribution in [3.63, 3.8) is 0 Å². The molecule has 1 heterocycles. The summed E-state index contributed by atoms with van der Waals surface area (Å²) < 4.78 is 2.68. The lowest BCUT2D eigenvalue weighted by molar-refractivity contribution is 0.660. The van der Waals surface area contributed by atoms with Gasteiger partial charge < -0.3 is 4.90 Å². The zero-order valence-electron chi connectivity index (χ0n) is 30.8. The average molecular weight is 720 g/mol. The number of fused-ring (bicyclic) bond motifs is 8. The van der Waals surface area contributed by atoms with Crippen LogP contribution in [0.2, 0.25) is 0 Å². The Morgan fingerprint density at radius 3 is 1.69 bits per heavy atom. The Kier molecular flexibility index (Phi) is 7.14. The molecule has 11 rings (SSSR count). The molecule has 55 heavy (non-hydrogen) atoms. The maximum atomic E-state index is 2.42. The summed E-state index contributed by atoms with van der Waals surface area (Å²) in [5, 5.41) is 7.74. The first-order chi connectivity index (χ1) is 27.0. The SMILES string of the molecule is CC1(C)c2ccccc2-c2ccc(N(c3ccc(-c4ccc5ccccc5c4)cc3)c3ccc(-c4ccc5cc6sc7ccccc7c6cc5c4)cc3)cc21. The van der Waals surface area contributed by atoms with Crippen LogP contribution in [0.3, 0.4) is 0 Å². The van der Waals surface area contributed by atoms with Gasteiger partial charge in [-0.1, -0.05) is 135 Å². The van der Waals surface area contributed by atoms with Crippen molar-refractivity contribution < 1.29 is 0 Å². The maximum Gasteiger partial charge on any atom is 0.0465 e. The third-order valence-electron chi connectivity index (χ3n) is 11.8. The van der Waals surface area contributed by atoms with Gasteiger partial charge in [0.15, 0.2) is 0 Å². The van der Waals surface area contributed by atoms with E-state index in [1.807, 2.05) is 11.3 Å². The van der Waals surface area contributed by atoms with Gasteiger partial charge in [0, 0.05) is 42.6 Å². The summed E-state index contributed by atoms with van der Waals surface area (Å²) in [7, 11) is 0. The average Bonchev–Trinajstić information content (AvgIpc) is 3.71. The predicted octanol–water partition coefficient (Wildman–Crippen LogP) is 15.5. The van der Waals surface area contributed by atoms with Crippen LogP contribution < -0.4 is 4.90 Å². The molecule has 0 N–H and O–H groups in total. The van der Waals surface area contributed by atoms with Gasteiger partial charge >= 0.3 is 0 Å². The minimum atomic E-state index is -0.0889. The number of benzene rings is 9. The van der Waals surface area contributed by atoms with Gasteiger partial charge in [0.25, 0.3) is 0 Å². The molecule has 2 heteroatoms. The van der Waals surface area contributed by atoms with Crippen LogP contribution in [-0.2, 0) is 5.41 Å². The fourth-order valence-electron chi connectivity index (χ4n) is 8.90. The summed E-state index contributed by atoms with van der Waals surface area (Å²) in [6.45, 7) is 4.71. The van der Waals surface area contributed by atoms with E-state index >= 15 is 0 Å². The Morgan fingerprint density at radius 2 is 0.927 bits per heavy atom. The first-order valence-corrected chi connectivity index (χ1v) is 19.9. The summed E-state index contributed by atoms with van der Waals surface area (Å²) in [5.41, 5.74) is 13.6. The Bertz CT molecular complexity index is 3110. The van der Waals surface area contributed by atoms with E-state index in [4.69, 9.17) is 0 Å². The largest absolute Gasteiger partial charge is 0.310 e. The van der Waals surface area contributed by atoms with Crippen LogP contribution in [0.5, 0.6) is 0 Å². The molecule has 0 unspecified atom stereocenters. The predicted molar refractivity (Wildman–Crippen MR) is 237 cm³/mol. The van der Waals surface area contributed by atoms with Crippen molar-refractivity contribution in [1.82, 2.24) is 0 Å². The van der Waals surface area contributed by atoms with E-state index in [0.29, 0.717) is 0 Å². The summed E-state index contributed by atoms with van der Waals surface area (Å²) in [5.74, 6) is 0.